The van der Waals surface area contributed by atoms with Crippen molar-refractivity contribution in [3.05, 3.63) is 35.5 Å². The molecule has 0 spiro atoms. The van der Waals surface area contributed by atoms with Crippen LogP contribution in [0.4, 0.5) is 17.2 Å². The topological polar surface area (TPSA) is 105 Å². The third kappa shape index (κ3) is 3.03. The van der Waals surface area contributed by atoms with Gasteiger partial charge in [0.25, 0.3) is 5.91 Å². The number of aryl methyl sites for hydroxylation is 1. The third-order valence-corrected chi connectivity index (χ3v) is 4.05. The van der Waals surface area contributed by atoms with Gasteiger partial charge in [-0.25, -0.2) is 0 Å². The van der Waals surface area contributed by atoms with Crippen LogP contribution in [0, 0.1) is 0 Å². The number of likely N-dealkylation sites (N-methyl/N-ethyl adjacent to an activating group) is 1. The summed E-state index contributed by atoms with van der Waals surface area (Å²) in [5, 5.41) is 9.42. The summed E-state index contributed by atoms with van der Waals surface area (Å²) in [5.74, 6) is -0.158. The first-order chi connectivity index (χ1) is 11.5. The number of carbonyl (C=O) groups is 2. The van der Waals surface area contributed by atoms with E-state index in [2.05, 4.69) is 15.7 Å². The first kappa shape index (κ1) is 15.9. The van der Waals surface area contributed by atoms with Crippen molar-refractivity contribution in [1.82, 2.24) is 15.1 Å². The first-order valence-corrected chi connectivity index (χ1v) is 7.67. The minimum absolute atomic E-state index is 0.0413. The predicted molar refractivity (Wildman–Crippen MR) is 92.0 cm³/mol. The lowest BCUT2D eigenvalue weighted by atomic mass is 10.1. The van der Waals surface area contributed by atoms with Gasteiger partial charge in [0.1, 0.15) is 5.56 Å². The molecule has 0 saturated carbocycles. The summed E-state index contributed by atoms with van der Waals surface area (Å²) < 4.78 is 1.50. The lowest BCUT2D eigenvalue weighted by molar-refractivity contribution is -0.119. The first-order valence-electron chi connectivity index (χ1n) is 7.67. The smallest absolute Gasteiger partial charge is 0.261 e. The van der Waals surface area contributed by atoms with Crippen LogP contribution in [0.15, 0.2) is 24.4 Å². The molecule has 24 heavy (non-hydrogen) atoms. The number of rotatable bonds is 4. The zero-order valence-electron chi connectivity index (χ0n) is 13.7. The molecule has 0 fully saturated rings. The van der Waals surface area contributed by atoms with Gasteiger partial charge in [0.2, 0.25) is 5.91 Å². The van der Waals surface area contributed by atoms with Crippen LogP contribution in [0.1, 0.15) is 15.9 Å². The van der Waals surface area contributed by atoms with E-state index in [4.69, 9.17) is 5.73 Å². The van der Waals surface area contributed by atoms with Gasteiger partial charge in [0.15, 0.2) is 5.82 Å². The summed E-state index contributed by atoms with van der Waals surface area (Å²) in [4.78, 5) is 26.0. The Labute approximate surface area is 139 Å². The molecule has 1 aliphatic heterocycles. The Kier molecular flexibility index (Phi) is 4.11. The van der Waals surface area contributed by atoms with Gasteiger partial charge >= 0.3 is 0 Å². The fourth-order valence-electron chi connectivity index (χ4n) is 2.82. The van der Waals surface area contributed by atoms with Crippen LogP contribution in [0.2, 0.25) is 0 Å². The molecule has 8 nitrogen and oxygen atoms in total. The highest BCUT2D eigenvalue weighted by Gasteiger charge is 2.22. The van der Waals surface area contributed by atoms with E-state index in [0.29, 0.717) is 17.8 Å². The number of nitrogens with one attached hydrogen (secondary N) is 2. The molecule has 0 aliphatic carbocycles. The number of nitrogens with two attached hydrogens (primary N) is 1. The van der Waals surface area contributed by atoms with Crippen LogP contribution >= 0.6 is 0 Å². The van der Waals surface area contributed by atoms with Crippen LogP contribution in [-0.2, 0) is 18.3 Å². The van der Waals surface area contributed by atoms with Gasteiger partial charge in [-0.05, 0) is 24.1 Å². The maximum absolute atomic E-state index is 12.3. The molecular formula is C16H20N6O2. The van der Waals surface area contributed by atoms with Crippen molar-refractivity contribution in [1.29, 1.82) is 0 Å². The molecule has 2 aromatic rings. The summed E-state index contributed by atoms with van der Waals surface area (Å²) in [6.07, 6.45) is 2.46. The number of hydrogen-bond acceptors (Lipinski definition) is 5. The Hall–Kier alpha value is -3.03. The number of carbonyl (C=O) groups excluding carboxylic acids is 2. The Morgan fingerprint density at radius 1 is 1.38 bits per heavy atom. The second-order valence-electron chi connectivity index (χ2n) is 5.74. The van der Waals surface area contributed by atoms with Crippen LogP contribution in [0.5, 0.6) is 0 Å². The normalized spacial score (nSPS) is 12.8. The van der Waals surface area contributed by atoms with Crippen molar-refractivity contribution < 1.29 is 9.59 Å². The highest BCUT2D eigenvalue weighted by molar-refractivity contribution is 6.07. The molecule has 0 unspecified atom stereocenters. The minimum atomic E-state index is -0.309. The predicted octanol–water partition coefficient (Wildman–Crippen LogP) is 0.363. The summed E-state index contributed by atoms with van der Waals surface area (Å²) in [6, 6.07) is 5.71. The molecule has 8 heteroatoms. The number of nitrogens with zero attached hydrogens (tertiary/aromatic N) is 3. The molecule has 1 aromatic heterocycles. The number of hydrogen-bond donors (Lipinski definition) is 3. The molecule has 2 amide bonds. The van der Waals surface area contributed by atoms with E-state index in [0.717, 1.165) is 24.2 Å². The van der Waals surface area contributed by atoms with E-state index in [1.165, 1.54) is 4.68 Å². The van der Waals surface area contributed by atoms with Gasteiger partial charge in [0.05, 0.1) is 6.54 Å². The van der Waals surface area contributed by atoms with Crippen molar-refractivity contribution >= 4 is 29.0 Å². The molecule has 0 atom stereocenters. The SMILES string of the molecule is CNC(=O)CN1CCc2ccc(NC(=O)c3cn(C)nc3N)cc21. The van der Waals surface area contributed by atoms with Crippen molar-refractivity contribution in [2.75, 3.05) is 36.1 Å². The molecule has 126 valence electrons. The van der Waals surface area contributed by atoms with E-state index < -0.39 is 0 Å². The summed E-state index contributed by atoms with van der Waals surface area (Å²) in [6.45, 7) is 1.09. The quantitative estimate of drug-likeness (QED) is 0.752. The number of benzene rings is 1. The Bertz CT molecular complexity index is 798. The molecule has 4 N–H and O–H groups in total. The molecule has 2 heterocycles. The minimum Gasteiger partial charge on any atom is -0.382 e. The Morgan fingerprint density at radius 2 is 2.17 bits per heavy atom. The number of amides is 2. The highest BCUT2D eigenvalue weighted by atomic mass is 16.2. The van der Waals surface area contributed by atoms with Gasteiger partial charge in [-0.2, -0.15) is 5.10 Å². The number of fused-ring (bicyclic) bond motifs is 1. The standard InChI is InChI=1S/C16H20N6O2/c1-18-14(23)9-22-6-5-10-3-4-11(7-13(10)22)19-16(24)12-8-21(2)20-15(12)17/h3-4,7-8H,5-6,9H2,1-2H3,(H2,17,20)(H,18,23)(H,19,24). The van der Waals surface area contributed by atoms with E-state index in [1.807, 2.05) is 23.1 Å². The van der Waals surface area contributed by atoms with Crippen LogP contribution in [0.3, 0.4) is 0 Å². The lowest BCUT2D eigenvalue weighted by Gasteiger charge is -2.19. The van der Waals surface area contributed by atoms with E-state index in [-0.39, 0.29) is 17.6 Å². The van der Waals surface area contributed by atoms with Crippen LogP contribution in [0.25, 0.3) is 0 Å². The zero-order valence-corrected chi connectivity index (χ0v) is 13.7. The molecule has 3 rings (SSSR count). The fourth-order valence-corrected chi connectivity index (χ4v) is 2.82. The fraction of sp³-hybridized carbons (Fsp3) is 0.312. The second-order valence-corrected chi connectivity index (χ2v) is 5.74. The van der Waals surface area contributed by atoms with Gasteiger partial charge in [-0.3, -0.25) is 14.3 Å². The van der Waals surface area contributed by atoms with Gasteiger partial charge in [-0.1, -0.05) is 6.07 Å². The average molecular weight is 328 g/mol. The largest absolute Gasteiger partial charge is 0.382 e. The Balaban J connectivity index is 1.78. The van der Waals surface area contributed by atoms with Crippen molar-refractivity contribution in [2.45, 2.75) is 6.42 Å². The number of nitrogen functional groups attached to an aromatic ring is 1. The van der Waals surface area contributed by atoms with Crippen LogP contribution < -0.4 is 21.3 Å². The Morgan fingerprint density at radius 3 is 2.83 bits per heavy atom. The molecule has 1 aromatic carbocycles. The summed E-state index contributed by atoms with van der Waals surface area (Å²) in [7, 11) is 3.33. The average Bonchev–Trinajstić information content (AvgIpc) is 3.10. The summed E-state index contributed by atoms with van der Waals surface area (Å²) >= 11 is 0. The third-order valence-electron chi connectivity index (χ3n) is 4.05. The van der Waals surface area contributed by atoms with Crippen LogP contribution in [-0.4, -0.2) is 41.7 Å². The van der Waals surface area contributed by atoms with Gasteiger partial charge in [-0.15, -0.1) is 0 Å². The molecule has 0 radical (unpaired) electrons. The van der Waals surface area contributed by atoms with Crippen molar-refractivity contribution in [3.63, 3.8) is 0 Å². The number of aromatic nitrogens is 2. The van der Waals surface area contributed by atoms with Gasteiger partial charge < -0.3 is 21.3 Å². The highest BCUT2D eigenvalue weighted by Crippen LogP contribution is 2.30. The molecular weight excluding hydrogens is 308 g/mol. The summed E-state index contributed by atoms with van der Waals surface area (Å²) in [5.41, 5.74) is 8.86. The monoisotopic (exact) mass is 328 g/mol. The molecule has 0 bridgehead atoms. The second kappa shape index (κ2) is 6.23. The maximum atomic E-state index is 12.3. The lowest BCUT2D eigenvalue weighted by Crippen LogP contribution is -2.34. The molecule has 0 saturated heterocycles. The number of anilines is 3. The maximum Gasteiger partial charge on any atom is 0.261 e. The van der Waals surface area contributed by atoms with E-state index >= 15 is 0 Å². The van der Waals surface area contributed by atoms with E-state index in [9.17, 15) is 9.59 Å². The van der Waals surface area contributed by atoms with Crippen molar-refractivity contribution in [2.24, 2.45) is 7.05 Å². The zero-order chi connectivity index (χ0) is 17.3. The molecule has 1 aliphatic rings. The van der Waals surface area contributed by atoms with Gasteiger partial charge in [0, 0.05) is 38.2 Å². The van der Waals surface area contributed by atoms with E-state index in [1.54, 1.807) is 20.3 Å². The van der Waals surface area contributed by atoms with Crippen molar-refractivity contribution in [3.8, 4) is 0 Å².